The number of ether oxygens (including phenoxy) is 1. The van der Waals surface area contributed by atoms with E-state index in [0.717, 1.165) is 33.0 Å². The number of carbonyl (C=O) groups is 3. The molecule has 6 heteroatoms. The lowest BCUT2D eigenvalue weighted by Gasteiger charge is -2.14. The minimum Gasteiger partial charge on any atom is -0.462 e. The maximum Gasteiger partial charge on any atom is 0.396 e. The lowest BCUT2D eigenvalue weighted by molar-refractivity contribution is -0.152. The Hall–Kier alpha value is -1.59. The van der Waals surface area contributed by atoms with Crippen LogP contribution in [0.1, 0.15) is 19.3 Å². The van der Waals surface area contributed by atoms with Crippen molar-refractivity contribution in [1.29, 1.82) is 0 Å². The fraction of sp³-hybridized carbons (Fsp3) is 0.700. The first-order chi connectivity index (χ1) is 7.65. The Bertz CT molecular complexity index is 285. The van der Waals surface area contributed by atoms with Crippen LogP contribution in [0.3, 0.4) is 0 Å². The van der Waals surface area contributed by atoms with E-state index in [4.69, 9.17) is 0 Å². The summed E-state index contributed by atoms with van der Waals surface area (Å²) in [6, 6.07) is 0. The van der Waals surface area contributed by atoms with Gasteiger partial charge in [-0.15, -0.1) is 0 Å². The molecule has 0 aromatic carbocycles. The van der Waals surface area contributed by atoms with E-state index in [0.29, 0.717) is 0 Å². The molecule has 90 valence electrons. The van der Waals surface area contributed by atoms with Crippen LogP contribution in [-0.2, 0) is 19.1 Å². The van der Waals surface area contributed by atoms with Crippen LogP contribution in [0.2, 0.25) is 0 Å². The van der Waals surface area contributed by atoms with E-state index >= 15 is 0 Å². The van der Waals surface area contributed by atoms with E-state index in [1.54, 1.807) is 4.90 Å². The zero-order valence-electron chi connectivity index (χ0n) is 9.32. The normalized spacial score (nSPS) is 14.7. The molecule has 1 heterocycles. The van der Waals surface area contributed by atoms with Crippen LogP contribution >= 0.6 is 0 Å². The number of likely N-dealkylation sites (tertiary alicyclic amines) is 1. The number of hydrogen-bond acceptors (Lipinski definition) is 4. The summed E-state index contributed by atoms with van der Waals surface area (Å²) in [4.78, 5) is 35.0. The van der Waals surface area contributed by atoms with Crippen LogP contribution in [-0.4, -0.2) is 49.4 Å². The highest BCUT2D eigenvalue weighted by atomic mass is 16.5. The minimum atomic E-state index is -0.936. The molecule has 0 aromatic rings. The first-order valence-electron chi connectivity index (χ1n) is 5.29. The highest BCUT2D eigenvalue weighted by Crippen LogP contribution is 2.08. The molecule has 0 saturated carbocycles. The molecule has 0 aromatic heterocycles. The Labute approximate surface area is 93.9 Å². The second kappa shape index (κ2) is 6.09. The molecule has 6 nitrogen and oxygen atoms in total. The number of hydrogen-bond donors (Lipinski definition) is 1. The molecule has 1 aliphatic rings. The average Bonchev–Trinajstić information content (AvgIpc) is 2.81. The van der Waals surface area contributed by atoms with Crippen LogP contribution in [0.25, 0.3) is 0 Å². The second-order valence-electron chi connectivity index (χ2n) is 3.59. The molecule has 0 bridgehead atoms. The zero-order chi connectivity index (χ0) is 12.0. The molecule has 2 amide bonds. The van der Waals surface area contributed by atoms with Crippen molar-refractivity contribution >= 4 is 17.8 Å². The first-order valence-corrected chi connectivity index (χ1v) is 5.29. The van der Waals surface area contributed by atoms with Gasteiger partial charge in [0.15, 0.2) is 0 Å². The lowest BCUT2D eigenvalue weighted by Crippen LogP contribution is -2.36. The molecule has 0 radical (unpaired) electrons. The van der Waals surface area contributed by atoms with Gasteiger partial charge in [0.2, 0.25) is 5.91 Å². The topological polar surface area (TPSA) is 75.7 Å². The summed E-state index contributed by atoms with van der Waals surface area (Å²) in [6.45, 7) is 1.76. The van der Waals surface area contributed by atoms with Crippen molar-refractivity contribution in [2.24, 2.45) is 0 Å². The molecule has 1 aliphatic heterocycles. The predicted molar refractivity (Wildman–Crippen MR) is 55.5 cm³/mol. The maximum absolute atomic E-state index is 11.5. The third kappa shape index (κ3) is 3.52. The molecule has 0 unspecified atom stereocenters. The van der Waals surface area contributed by atoms with Crippen molar-refractivity contribution in [2.45, 2.75) is 19.3 Å². The van der Waals surface area contributed by atoms with Gasteiger partial charge in [-0.05, 0) is 12.8 Å². The number of amides is 2. The fourth-order valence-corrected chi connectivity index (χ4v) is 1.57. The first kappa shape index (κ1) is 12.5. The smallest absolute Gasteiger partial charge is 0.396 e. The Morgan fingerprint density at radius 1 is 1.25 bits per heavy atom. The van der Waals surface area contributed by atoms with E-state index in [9.17, 15) is 14.4 Å². The fourth-order valence-electron chi connectivity index (χ4n) is 1.57. The number of methoxy groups -OCH3 is 1. The van der Waals surface area contributed by atoms with Crippen LogP contribution in [0.5, 0.6) is 0 Å². The summed E-state index contributed by atoms with van der Waals surface area (Å²) >= 11 is 0. The molecular formula is C10H16N2O4. The van der Waals surface area contributed by atoms with E-state index in [2.05, 4.69) is 10.1 Å². The minimum absolute atomic E-state index is 0.0164. The van der Waals surface area contributed by atoms with Gasteiger partial charge in [-0.3, -0.25) is 9.59 Å². The molecule has 0 spiro atoms. The van der Waals surface area contributed by atoms with E-state index in [-0.39, 0.29) is 18.9 Å². The van der Waals surface area contributed by atoms with E-state index in [1.165, 1.54) is 0 Å². The molecular weight excluding hydrogens is 212 g/mol. The lowest BCUT2D eigenvalue weighted by atomic mass is 10.3. The molecule has 1 rings (SSSR count). The van der Waals surface area contributed by atoms with Gasteiger partial charge in [0.05, 0.1) is 7.11 Å². The molecule has 1 fully saturated rings. The van der Waals surface area contributed by atoms with Crippen molar-refractivity contribution in [1.82, 2.24) is 10.2 Å². The third-order valence-corrected chi connectivity index (χ3v) is 2.45. The highest BCUT2D eigenvalue weighted by molar-refractivity contribution is 6.32. The van der Waals surface area contributed by atoms with Gasteiger partial charge in [0.25, 0.3) is 0 Å². The Morgan fingerprint density at radius 2 is 1.88 bits per heavy atom. The molecule has 0 atom stereocenters. The Morgan fingerprint density at radius 3 is 2.44 bits per heavy atom. The number of carbonyl (C=O) groups excluding carboxylic acids is 3. The summed E-state index contributed by atoms with van der Waals surface area (Å²) in [5, 5.41) is 2.33. The Kier molecular flexibility index (Phi) is 4.75. The van der Waals surface area contributed by atoms with Gasteiger partial charge in [-0.1, -0.05) is 0 Å². The van der Waals surface area contributed by atoms with Crippen LogP contribution in [0.4, 0.5) is 0 Å². The van der Waals surface area contributed by atoms with Crippen LogP contribution in [0, 0.1) is 0 Å². The van der Waals surface area contributed by atoms with Crippen molar-refractivity contribution < 1.29 is 19.1 Å². The zero-order valence-corrected chi connectivity index (χ0v) is 9.32. The third-order valence-electron chi connectivity index (χ3n) is 2.45. The number of nitrogens with one attached hydrogen (secondary N) is 1. The molecule has 1 saturated heterocycles. The summed E-state index contributed by atoms with van der Waals surface area (Å²) in [5.74, 6) is -1.73. The number of esters is 1. The van der Waals surface area contributed by atoms with Crippen molar-refractivity contribution in [3.8, 4) is 0 Å². The van der Waals surface area contributed by atoms with Crippen molar-refractivity contribution in [3.63, 3.8) is 0 Å². The number of rotatable bonds is 3. The molecule has 1 N–H and O–H groups in total. The van der Waals surface area contributed by atoms with Gasteiger partial charge in [0.1, 0.15) is 0 Å². The quantitative estimate of drug-likeness (QED) is 0.511. The maximum atomic E-state index is 11.5. The van der Waals surface area contributed by atoms with Gasteiger partial charge in [-0.2, -0.15) is 0 Å². The monoisotopic (exact) mass is 228 g/mol. The summed E-state index contributed by atoms with van der Waals surface area (Å²) in [6.07, 6.45) is 2.31. The van der Waals surface area contributed by atoms with Gasteiger partial charge < -0.3 is 15.0 Å². The van der Waals surface area contributed by atoms with Crippen molar-refractivity contribution in [3.05, 3.63) is 0 Å². The SMILES string of the molecule is COC(=O)C(=O)NCCC(=O)N1CCCC1. The summed E-state index contributed by atoms with van der Waals surface area (Å²) < 4.78 is 4.22. The Balaban J connectivity index is 2.17. The van der Waals surface area contributed by atoms with Gasteiger partial charge in [0, 0.05) is 26.1 Å². The predicted octanol–water partition coefficient (Wildman–Crippen LogP) is -0.712. The van der Waals surface area contributed by atoms with E-state index < -0.39 is 11.9 Å². The van der Waals surface area contributed by atoms with Crippen LogP contribution < -0.4 is 5.32 Å². The molecule has 0 aliphatic carbocycles. The van der Waals surface area contributed by atoms with Gasteiger partial charge in [-0.25, -0.2) is 4.79 Å². The number of nitrogens with zero attached hydrogens (tertiary/aromatic N) is 1. The summed E-state index contributed by atoms with van der Waals surface area (Å²) in [5.41, 5.74) is 0. The summed E-state index contributed by atoms with van der Waals surface area (Å²) in [7, 11) is 1.14. The molecule has 16 heavy (non-hydrogen) atoms. The standard InChI is InChI=1S/C10H16N2O4/c1-16-10(15)9(14)11-5-4-8(13)12-6-2-3-7-12/h2-7H2,1H3,(H,11,14). The van der Waals surface area contributed by atoms with E-state index in [1.807, 2.05) is 0 Å². The largest absolute Gasteiger partial charge is 0.462 e. The van der Waals surface area contributed by atoms with Crippen LogP contribution in [0.15, 0.2) is 0 Å². The van der Waals surface area contributed by atoms with Gasteiger partial charge >= 0.3 is 11.9 Å². The highest BCUT2D eigenvalue weighted by Gasteiger charge is 2.18. The van der Waals surface area contributed by atoms with Crippen molar-refractivity contribution in [2.75, 3.05) is 26.7 Å². The average molecular weight is 228 g/mol. The second-order valence-corrected chi connectivity index (χ2v) is 3.59.